The van der Waals surface area contributed by atoms with Crippen molar-refractivity contribution >= 4 is 0 Å². The van der Waals surface area contributed by atoms with Gasteiger partial charge >= 0.3 is 0 Å². The molecule has 0 aliphatic rings. The maximum absolute atomic E-state index is 9.29. The fourth-order valence-corrected chi connectivity index (χ4v) is 1.93. The summed E-state index contributed by atoms with van der Waals surface area (Å²) in [7, 11) is 1.91. The summed E-state index contributed by atoms with van der Waals surface area (Å²) in [6.07, 6.45) is 1.12. The number of aliphatic hydroxyl groups is 1. The van der Waals surface area contributed by atoms with Gasteiger partial charge in [0.05, 0.1) is 6.61 Å². The summed E-state index contributed by atoms with van der Waals surface area (Å²) < 4.78 is 0. The summed E-state index contributed by atoms with van der Waals surface area (Å²) in [5.74, 6) is 0.898. The molecule has 1 atom stereocenters. The summed E-state index contributed by atoms with van der Waals surface area (Å²) >= 11 is 0. The molecule has 1 unspecified atom stereocenters. The number of benzene rings is 1. The summed E-state index contributed by atoms with van der Waals surface area (Å²) in [6.45, 7) is 5.47. The first-order valence-electron chi connectivity index (χ1n) is 6.01. The summed E-state index contributed by atoms with van der Waals surface area (Å²) in [6, 6.07) is 8.62. The van der Waals surface area contributed by atoms with Crippen molar-refractivity contribution in [3.63, 3.8) is 0 Å². The van der Waals surface area contributed by atoms with Crippen LogP contribution in [0.25, 0.3) is 0 Å². The third-order valence-corrected chi connectivity index (χ3v) is 2.77. The molecule has 0 bridgehead atoms. The van der Waals surface area contributed by atoms with Crippen LogP contribution in [0, 0.1) is 5.92 Å². The Balaban J connectivity index is 2.69. The lowest BCUT2D eigenvalue weighted by Crippen LogP contribution is -2.20. The molecule has 0 spiro atoms. The van der Waals surface area contributed by atoms with Crippen LogP contribution in [0.1, 0.15) is 30.9 Å². The highest BCUT2D eigenvalue weighted by atomic mass is 16.3. The maximum Gasteiger partial charge on any atom is 0.0511 e. The van der Waals surface area contributed by atoms with Crippen LogP contribution in [0.15, 0.2) is 24.3 Å². The molecule has 2 heteroatoms. The molecule has 16 heavy (non-hydrogen) atoms. The lowest BCUT2D eigenvalue weighted by atomic mass is 9.96. The Morgan fingerprint density at radius 1 is 1.19 bits per heavy atom. The second-order valence-corrected chi connectivity index (χ2v) is 4.78. The molecule has 0 heterocycles. The fraction of sp³-hybridized carbons (Fsp3) is 0.571. The first-order chi connectivity index (χ1) is 7.67. The van der Waals surface area contributed by atoms with E-state index in [2.05, 4.69) is 43.4 Å². The molecule has 90 valence electrons. The van der Waals surface area contributed by atoms with Crippen molar-refractivity contribution in [2.24, 2.45) is 5.92 Å². The average Bonchev–Trinajstić information content (AvgIpc) is 2.26. The van der Waals surface area contributed by atoms with E-state index in [4.69, 9.17) is 0 Å². The minimum atomic E-state index is 0.199. The second-order valence-electron chi connectivity index (χ2n) is 4.78. The first kappa shape index (κ1) is 13.2. The van der Waals surface area contributed by atoms with Crippen LogP contribution in [0.5, 0.6) is 0 Å². The van der Waals surface area contributed by atoms with Crippen molar-refractivity contribution in [1.29, 1.82) is 0 Å². The molecule has 1 aromatic rings. The van der Waals surface area contributed by atoms with Crippen molar-refractivity contribution in [1.82, 2.24) is 5.32 Å². The van der Waals surface area contributed by atoms with Gasteiger partial charge in [0.25, 0.3) is 0 Å². The normalized spacial score (nSPS) is 13.1. The molecule has 2 nitrogen and oxygen atoms in total. The molecule has 0 saturated carbocycles. The van der Waals surface area contributed by atoms with Crippen LogP contribution >= 0.6 is 0 Å². The van der Waals surface area contributed by atoms with Gasteiger partial charge < -0.3 is 10.4 Å². The van der Waals surface area contributed by atoms with Gasteiger partial charge in [-0.25, -0.2) is 0 Å². The molecular formula is C14H23NO. The zero-order valence-corrected chi connectivity index (χ0v) is 10.5. The highest BCUT2D eigenvalue weighted by Crippen LogP contribution is 2.16. The van der Waals surface area contributed by atoms with Crippen molar-refractivity contribution < 1.29 is 5.11 Å². The Bertz CT molecular complexity index is 292. The van der Waals surface area contributed by atoms with Gasteiger partial charge in [0, 0.05) is 12.5 Å². The van der Waals surface area contributed by atoms with E-state index in [1.807, 2.05) is 7.05 Å². The van der Waals surface area contributed by atoms with E-state index in [1.54, 1.807) is 0 Å². The zero-order chi connectivity index (χ0) is 12.0. The van der Waals surface area contributed by atoms with Gasteiger partial charge in [0.1, 0.15) is 0 Å². The van der Waals surface area contributed by atoms with E-state index in [0.717, 1.165) is 13.0 Å². The van der Waals surface area contributed by atoms with Crippen LogP contribution in [0.2, 0.25) is 0 Å². The first-order valence-corrected chi connectivity index (χ1v) is 6.01. The minimum absolute atomic E-state index is 0.199. The van der Waals surface area contributed by atoms with E-state index in [1.165, 1.54) is 11.1 Å². The SMILES string of the molecule is CNCC(CO)c1ccc(CC(C)C)cc1. The Labute approximate surface area is 98.7 Å². The Morgan fingerprint density at radius 2 is 1.81 bits per heavy atom. The Morgan fingerprint density at radius 3 is 2.25 bits per heavy atom. The average molecular weight is 221 g/mol. The third-order valence-electron chi connectivity index (χ3n) is 2.77. The molecule has 0 radical (unpaired) electrons. The number of aliphatic hydroxyl groups excluding tert-OH is 1. The number of nitrogens with one attached hydrogen (secondary N) is 1. The van der Waals surface area contributed by atoms with E-state index >= 15 is 0 Å². The summed E-state index contributed by atoms with van der Waals surface area (Å²) in [5, 5.41) is 12.4. The maximum atomic E-state index is 9.29. The van der Waals surface area contributed by atoms with Gasteiger partial charge in [0.15, 0.2) is 0 Å². The second kappa shape index (κ2) is 6.66. The molecule has 0 fully saturated rings. The van der Waals surface area contributed by atoms with Gasteiger partial charge in [0.2, 0.25) is 0 Å². The van der Waals surface area contributed by atoms with Gasteiger partial charge in [-0.15, -0.1) is 0 Å². The Kier molecular flexibility index (Phi) is 5.50. The highest BCUT2D eigenvalue weighted by Gasteiger charge is 2.09. The molecule has 0 aliphatic carbocycles. The number of hydrogen-bond donors (Lipinski definition) is 2. The van der Waals surface area contributed by atoms with Crippen LogP contribution < -0.4 is 5.32 Å². The zero-order valence-electron chi connectivity index (χ0n) is 10.5. The summed E-state index contributed by atoms with van der Waals surface area (Å²) in [5.41, 5.74) is 2.59. The number of hydrogen-bond acceptors (Lipinski definition) is 2. The minimum Gasteiger partial charge on any atom is -0.396 e. The molecular weight excluding hydrogens is 198 g/mol. The predicted molar refractivity (Wildman–Crippen MR) is 68.7 cm³/mol. The number of likely N-dealkylation sites (N-methyl/N-ethyl adjacent to an activating group) is 1. The number of rotatable bonds is 6. The quantitative estimate of drug-likeness (QED) is 0.771. The highest BCUT2D eigenvalue weighted by molar-refractivity contribution is 5.26. The topological polar surface area (TPSA) is 32.3 Å². The van der Waals surface area contributed by atoms with Gasteiger partial charge in [-0.3, -0.25) is 0 Å². The standard InChI is InChI=1S/C14H23NO/c1-11(2)8-12-4-6-13(7-5-12)14(10-16)9-15-3/h4-7,11,14-16H,8-10H2,1-3H3. The molecule has 1 rings (SSSR count). The summed E-state index contributed by atoms with van der Waals surface area (Å²) in [4.78, 5) is 0. The molecule has 0 aromatic heterocycles. The van der Waals surface area contributed by atoms with Gasteiger partial charge in [-0.05, 0) is 30.5 Å². The van der Waals surface area contributed by atoms with Gasteiger partial charge in [-0.1, -0.05) is 38.1 Å². The van der Waals surface area contributed by atoms with Crippen molar-refractivity contribution in [2.45, 2.75) is 26.2 Å². The van der Waals surface area contributed by atoms with Crippen molar-refractivity contribution in [2.75, 3.05) is 20.2 Å². The molecule has 0 aliphatic heterocycles. The van der Waals surface area contributed by atoms with E-state index < -0.39 is 0 Å². The van der Waals surface area contributed by atoms with Crippen LogP contribution in [-0.4, -0.2) is 25.3 Å². The monoisotopic (exact) mass is 221 g/mol. The molecule has 1 aromatic carbocycles. The van der Waals surface area contributed by atoms with E-state index in [9.17, 15) is 5.11 Å². The smallest absolute Gasteiger partial charge is 0.0511 e. The third kappa shape index (κ3) is 3.95. The van der Waals surface area contributed by atoms with Crippen LogP contribution in [0.3, 0.4) is 0 Å². The van der Waals surface area contributed by atoms with Crippen molar-refractivity contribution in [3.05, 3.63) is 35.4 Å². The fourth-order valence-electron chi connectivity index (χ4n) is 1.93. The van der Waals surface area contributed by atoms with Crippen molar-refractivity contribution in [3.8, 4) is 0 Å². The van der Waals surface area contributed by atoms with Gasteiger partial charge in [-0.2, -0.15) is 0 Å². The van der Waals surface area contributed by atoms with E-state index in [-0.39, 0.29) is 12.5 Å². The molecule has 0 saturated heterocycles. The van der Waals surface area contributed by atoms with Crippen LogP contribution in [0.4, 0.5) is 0 Å². The molecule has 2 N–H and O–H groups in total. The lowest BCUT2D eigenvalue weighted by molar-refractivity contribution is 0.263. The largest absolute Gasteiger partial charge is 0.396 e. The Hall–Kier alpha value is -0.860. The van der Waals surface area contributed by atoms with E-state index in [0.29, 0.717) is 5.92 Å². The van der Waals surface area contributed by atoms with Crippen LogP contribution in [-0.2, 0) is 6.42 Å². The lowest BCUT2D eigenvalue weighted by Gasteiger charge is -2.14. The predicted octanol–water partition coefficient (Wildman–Crippen LogP) is 2.18. The molecule has 0 amide bonds.